The summed E-state index contributed by atoms with van der Waals surface area (Å²) in [5.41, 5.74) is 0. The van der Waals surface area contributed by atoms with Gasteiger partial charge in [-0.2, -0.15) is 0 Å². The quantitative estimate of drug-likeness (QED) is 0.270. The molecule has 0 bridgehead atoms. The average molecular weight is 399 g/mol. The zero-order chi connectivity index (χ0) is 20.6. The highest BCUT2D eigenvalue weighted by Gasteiger charge is 2.36. The summed E-state index contributed by atoms with van der Waals surface area (Å²) in [6.45, 7) is 5.90. The van der Waals surface area contributed by atoms with Gasteiger partial charge < -0.3 is 14.6 Å². The Morgan fingerprint density at radius 1 is 0.821 bits per heavy atom. The SMILES string of the molecule is CC(C)CCCCCCCCCCOCCOC(=O)C1CCCCC1C(=O)O. The number of unbranched alkanes of at least 4 members (excludes halogenated alkanes) is 7. The van der Waals surface area contributed by atoms with Crippen LogP contribution in [0, 0.1) is 17.8 Å². The van der Waals surface area contributed by atoms with E-state index in [1.54, 1.807) is 0 Å². The molecular weight excluding hydrogens is 356 g/mol. The van der Waals surface area contributed by atoms with Crippen molar-refractivity contribution in [3.63, 3.8) is 0 Å². The molecule has 1 N–H and O–H groups in total. The van der Waals surface area contributed by atoms with Crippen molar-refractivity contribution in [3.05, 3.63) is 0 Å². The van der Waals surface area contributed by atoms with Crippen LogP contribution >= 0.6 is 0 Å². The van der Waals surface area contributed by atoms with E-state index < -0.39 is 17.8 Å². The van der Waals surface area contributed by atoms with Gasteiger partial charge in [-0.3, -0.25) is 9.59 Å². The number of aliphatic carboxylic acids is 1. The first kappa shape index (κ1) is 24.9. The Labute approximate surface area is 171 Å². The van der Waals surface area contributed by atoms with Crippen molar-refractivity contribution in [2.45, 2.75) is 97.3 Å². The third-order valence-corrected chi connectivity index (χ3v) is 5.68. The highest BCUT2D eigenvalue weighted by atomic mass is 16.6. The molecule has 2 atom stereocenters. The smallest absolute Gasteiger partial charge is 0.309 e. The second-order valence-corrected chi connectivity index (χ2v) is 8.63. The molecule has 0 aromatic rings. The van der Waals surface area contributed by atoms with Gasteiger partial charge in [0.1, 0.15) is 6.61 Å². The lowest BCUT2D eigenvalue weighted by Gasteiger charge is -2.26. The number of ether oxygens (including phenoxy) is 2. The Morgan fingerprint density at radius 2 is 1.39 bits per heavy atom. The van der Waals surface area contributed by atoms with E-state index >= 15 is 0 Å². The van der Waals surface area contributed by atoms with Crippen LogP contribution in [0.1, 0.15) is 97.3 Å². The minimum absolute atomic E-state index is 0.220. The van der Waals surface area contributed by atoms with Crippen molar-refractivity contribution < 1.29 is 24.2 Å². The van der Waals surface area contributed by atoms with Gasteiger partial charge in [-0.15, -0.1) is 0 Å². The zero-order valence-electron chi connectivity index (χ0n) is 18.1. The lowest BCUT2D eigenvalue weighted by molar-refractivity contribution is -0.160. The molecule has 0 aliphatic heterocycles. The first-order valence-electron chi connectivity index (χ1n) is 11.5. The van der Waals surface area contributed by atoms with Crippen molar-refractivity contribution >= 4 is 11.9 Å². The second kappa shape index (κ2) is 15.8. The van der Waals surface area contributed by atoms with Gasteiger partial charge in [0, 0.05) is 6.61 Å². The molecule has 5 heteroatoms. The van der Waals surface area contributed by atoms with Crippen molar-refractivity contribution in [2.75, 3.05) is 19.8 Å². The molecule has 1 aliphatic carbocycles. The number of carbonyl (C=O) groups excluding carboxylic acids is 1. The molecule has 0 spiro atoms. The van der Waals surface area contributed by atoms with Crippen LogP contribution in [0.15, 0.2) is 0 Å². The van der Waals surface area contributed by atoms with Crippen LogP contribution in [0.3, 0.4) is 0 Å². The summed E-state index contributed by atoms with van der Waals surface area (Å²) in [5.74, 6) is -1.50. The van der Waals surface area contributed by atoms with Gasteiger partial charge in [0.15, 0.2) is 0 Å². The number of carboxylic acids is 1. The van der Waals surface area contributed by atoms with E-state index in [2.05, 4.69) is 13.8 Å². The minimum Gasteiger partial charge on any atom is -0.481 e. The predicted octanol–water partition coefficient (Wildman–Crippen LogP) is 5.60. The van der Waals surface area contributed by atoms with Crippen LogP contribution in [0.4, 0.5) is 0 Å². The van der Waals surface area contributed by atoms with Gasteiger partial charge in [-0.1, -0.05) is 78.1 Å². The molecular formula is C23H42O5. The summed E-state index contributed by atoms with van der Waals surface area (Å²) in [7, 11) is 0. The summed E-state index contributed by atoms with van der Waals surface area (Å²) >= 11 is 0. The number of carbonyl (C=O) groups is 2. The first-order valence-corrected chi connectivity index (χ1v) is 11.5. The molecule has 0 aromatic carbocycles. The van der Waals surface area contributed by atoms with Crippen molar-refractivity contribution in [3.8, 4) is 0 Å². The third-order valence-electron chi connectivity index (χ3n) is 5.68. The largest absolute Gasteiger partial charge is 0.481 e. The number of esters is 1. The maximum atomic E-state index is 12.1. The van der Waals surface area contributed by atoms with Gasteiger partial charge in [-0.05, 0) is 25.2 Å². The van der Waals surface area contributed by atoms with E-state index in [4.69, 9.17) is 9.47 Å². The van der Waals surface area contributed by atoms with Gasteiger partial charge in [-0.25, -0.2) is 0 Å². The monoisotopic (exact) mass is 398 g/mol. The summed E-state index contributed by atoms with van der Waals surface area (Å²) in [4.78, 5) is 23.4. The van der Waals surface area contributed by atoms with Gasteiger partial charge in [0.05, 0.1) is 18.4 Å². The fourth-order valence-corrected chi connectivity index (χ4v) is 3.94. The Morgan fingerprint density at radius 3 is 2.00 bits per heavy atom. The van der Waals surface area contributed by atoms with Crippen LogP contribution in [-0.4, -0.2) is 36.9 Å². The minimum atomic E-state index is -0.881. The van der Waals surface area contributed by atoms with Gasteiger partial charge >= 0.3 is 11.9 Å². The van der Waals surface area contributed by atoms with Gasteiger partial charge in [0.25, 0.3) is 0 Å². The Kier molecular flexibility index (Phi) is 14.1. The molecule has 5 nitrogen and oxygen atoms in total. The van der Waals surface area contributed by atoms with Gasteiger partial charge in [0.2, 0.25) is 0 Å². The maximum Gasteiger partial charge on any atom is 0.309 e. The number of rotatable bonds is 16. The fraction of sp³-hybridized carbons (Fsp3) is 0.913. The van der Waals surface area contributed by atoms with E-state index in [1.807, 2.05) is 0 Å². The molecule has 0 aromatic heterocycles. The third kappa shape index (κ3) is 11.7. The predicted molar refractivity (Wildman–Crippen MR) is 111 cm³/mol. The summed E-state index contributed by atoms with van der Waals surface area (Å²) in [6, 6.07) is 0. The van der Waals surface area contributed by atoms with E-state index in [0.29, 0.717) is 26.1 Å². The fourth-order valence-electron chi connectivity index (χ4n) is 3.94. The molecule has 2 unspecified atom stereocenters. The van der Waals surface area contributed by atoms with E-state index in [-0.39, 0.29) is 12.6 Å². The molecule has 1 fully saturated rings. The molecule has 164 valence electrons. The Hall–Kier alpha value is -1.10. The highest BCUT2D eigenvalue weighted by Crippen LogP contribution is 2.31. The Balaban J connectivity index is 1.90. The first-order chi connectivity index (χ1) is 13.5. The van der Waals surface area contributed by atoms with E-state index in [9.17, 15) is 14.7 Å². The normalized spacial score (nSPS) is 19.7. The van der Waals surface area contributed by atoms with Crippen LogP contribution in [-0.2, 0) is 19.1 Å². The van der Waals surface area contributed by atoms with Crippen LogP contribution in [0.25, 0.3) is 0 Å². The topological polar surface area (TPSA) is 72.8 Å². The number of hydrogen-bond acceptors (Lipinski definition) is 4. The molecule has 0 heterocycles. The molecule has 1 saturated carbocycles. The molecule has 0 amide bonds. The lowest BCUT2D eigenvalue weighted by atomic mass is 9.79. The van der Waals surface area contributed by atoms with Crippen LogP contribution < -0.4 is 0 Å². The van der Waals surface area contributed by atoms with Crippen LogP contribution in [0.2, 0.25) is 0 Å². The highest BCUT2D eigenvalue weighted by molar-refractivity contribution is 5.81. The summed E-state index contributed by atoms with van der Waals surface area (Å²) < 4.78 is 10.8. The van der Waals surface area contributed by atoms with Crippen molar-refractivity contribution in [1.29, 1.82) is 0 Å². The average Bonchev–Trinajstić information content (AvgIpc) is 2.67. The van der Waals surface area contributed by atoms with E-state index in [0.717, 1.165) is 25.2 Å². The van der Waals surface area contributed by atoms with E-state index in [1.165, 1.54) is 51.4 Å². The van der Waals surface area contributed by atoms with Crippen LogP contribution in [0.5, 0.6) is 0 Å². The maximum absolute atomic E-state index is 12.1. The second-order valence-electron chi connectivity index (χ2n) is 8.63. The lowest BCUT2D eigenvalue weighted by Crippen LogP contribution is -2.34. The molecule has 1 aliphatic rings. The van der Waals surface area contributed by atoms with Crippen molar-refractivity contribution in [2.24, 2.45) is 17.8 Å². The molecule has 28 heavy (non-hydrogen) atoms. The number of hydrogen-bond donors (Lipinski definition) is 1. The number of carboxylic acid groups (broad SMARTS) is 1. The summed E-state index contributed by atoms with van der Waals surface area (Å²) in [5, 5.41) is 9.23. The molecule has 0 radical (unpaired) electrons. The zero-order valence-corrected chi connectivity index (χ0v) is 18.1. The standard InChI is InChI=1S/C23H42O5/c1-19(2)13-9-7-5-3-4-6-8-12-16-27-17-18-28-23(26)21-15-11-10-14-20(21)22(24)25/h19-21H,3-18H2,1-2H3,(H,24,25). The summed E-state index contributed by atoms with van der Waals surface area (Å²) in [6.07, 6.45) is 14.6. The Bertz CT molecular complexity index is 421. The van der Waals surface area contributed by atoms with Crippen molar-refractivity contribution in [1.82, 2.24) is 0 Å². The molecule has 1 rings (SSSR count). The molecule has 0 saturated heterocycles.